The maximum atomic E-state index is 11.7. The van der Waals surface area contributed by atoms with E-state index in [4.69, 9.17) is 4.42 Å². The molecule has 1 N–H and O–H groups in total. The predicted molar refractivity (Wildman–Crippen MR) is 79.0 cm³/mol. The SMILES string of the molecule is O=C1NC(=O)c2cc(-c3ccc(/C=N\n4cnnc4)o3)ccc21. The second-order valence-electron chi connectivity index (χ2n) is 4.83. The fourth-order valence-electron chi connectivity index (χ4n) is 2.28. The summed E-state index contributed by atoms with van der Waals surface area (Å²) in [6.45, 7) is 0. The number of rotatable bonds is 3. The number of nitrogens with zero attached hydrogens (tertiary/aromatic N) is 4. The normalized spacial score (nSPS) is 13.6. The Morgan fingerprint density at radius 2 is 1.83 bits per heavy atom. The molecule has 4 rings (SSSR count). The average molecular weight is 307 g/mol. The predicted octanol–water partition coefficient (Wildman–Crippen LogP) is 1.30. The number of imide groups is 1. The van der Waals surface area contributed by atoms with E-state index in [-0.39, 0.29) is 5.91 Å². The average Bonchev–Trinajstić information content (AvgIpc) is 3.27. The summed E-state index contributed by atoms with van der Waals surface area (Å²) in [5, 5.41) is 13.6. The minimum absolute atomic E-state index is 0.351. The van der Waals surface area contributed by atoms with Crippen LogP contribution in [0.5, 0.6) is 0 Å². The van der Waals surface area contributed by atoms with Crippen molar-refractivity contribution < 1.29 is 14.0 Å². The van der Waals surface area contributed by atoms with Crippen LogP contribution in [0, 0.1) is 0 Å². The van der Waals surface area contributed by atoms with Gasteiger partial charge < -0.3 is 4.42 Å². The van der Waals surface area contributed by atoms with E-state index in [0.29, 0.717) is 28.2 Å². The van der Waals surface area contributed by atoms with Crippen LogP contribution >= 0.6 is 0 Å². The number of benzene rings is 1. The molecule has 0 fully saturated rings. The molecule has 0 unspecified atom stereocenters. The van der Waals surface area contributed by atoms with Crippen LogP contribution in [0.2, 0.25) is 0 Å². The van der Waals surface area contributed by atoms with Gasteiger partial charge >= 0.3 is 0 Å². The number of hydrogen-bond acceptors (Lipinski definition) is 6. The van der Waals surface area contributed by atoms with E-state index in [1.54, 1.807) is 30.3 Å². The molecule has 0 radical (unpaired) electrons. The maximum absolute atomic E-state index is 11.7. The van der Waals surface area contributed by atoms with Gasteiger partial charge in [0.2, 0.25) is 0 Å². The molecule has 1 aliphatic heterocycles. The molecule has 0 spiro atoms. The lowest BCUT2D eigenvalue weighted by atomic mass is 10.0. The highest BCUT2D eigenvalue weighted by atomic mass is 16.3. The van der Waals surface area contributed by atoms with E-state index < -0.39 is 5.91 Å². The summed E-state index contributed by atoms with van der Waals surface area (Å²) in [7, 11) is 0. The molecule has 0 saturated heterocycles. The molecule has 8 heteroatoms. The van der Waals surface area contributed by atoms with E-state index in [9.17, 15) is 9.59 Å². The second kappa shape index (κ2) is 5.02. The first-order valence-electron chi connectivity index (χ1n) is 6.69. The highest BCUT2D eigenvalue weighted by Crippen LogP contribution is 2.26. The van der Waals surface area contributed by atoms with Gasteiger partial charge in [-0.3, -0.25) is 14.9 Å². The zero-order valence-electron chi connectivity index (χ0n) is 11.6. The molecule has 0 atom stereocenters. The minimum atomic E-state index is -0.396. The lowest BCUT2D eigenvalue weighted by molar-refractivity contribution is 0.0879. The smallest absolute Gasteiger partial charge is 0.258 e. The molecule has 0 bridgehead atoms. The molecular formula is C15H9N5O3. The van der Waals surface area contributed by atoms with Crippen LogP contribution in [-0.4, -0.2) is 32.9 Å². The number of nitrogens with one attached hydrogen (secondary N) is 1. The molecule has 2 aromatic heterocycles. The van der Waals surface area contributed by atoms with Crippen LogP contribution < -0.4 is 5.32 Å². The Kier molecular flexibility index (Phi) is 2.87. The molecule has 1 aliphatic rings. The summed E-state index contributed by atoms with van der Waals surface area (Å²) in [4.78, 5) is 23.2. The Balaban J connectivity index is 1.64. The van der Waals surface area contributed by atoms with Crippen LogP contribution in [0.15, 0.2) is 52.5 Å². The largest absolute Gasteiger partial charge is 0.455 e. The van der Waals surface area contributed by atoms with Crippen molar-refractivity contribution >= 4 is 18.0 Å². The van der Waals surface area contributed by atoms with E-state index in [1.165, 1.54) is 23.5 Å². The van der Waals surface area contributed by atoms with Gasteiger partial charge in [-0.1, -0.05) is 6.07 Å². The number of amides is 2. The number of fused-ring (bicyclic) bond motifs is 1. The van der Waals surface area contributed by atoms with Gasteiger partial charge in [0.25, 0.3) is 11.8 Å². The van der Waals surface area contributed by atoms with E-state index in [0.717, 1.165) is 0 Å². The van der Waals surface area contributed by atoms with Gasteiger partial charge in [0.1, 0.15) is 24.2 Å². The van der Waals surface area contributed by atoms with Crippen molar-refractivity contribution in [3.05, 3.63) is 59.9 Å². The van der Waals surface area contributed by atoms with E-state index in [2.05, 4.69) is 20.6 Å². The van der Waals surface area contributed by atoms with Crippen molar-refractivity contribution in [1.29, 1.82) is 0 Å². The van der Waals surface area contributed by atoms with Gasteiger partial charge in [-0.05, 0) is 24.3 Å². The zero-order chi connectivity index (χ0) is 15.8. The number of hydrogen-bond donors (Lipinski definition) is 1. The van der Waals surface area contributed by atoms with Crippen LogP contribution in [0.25, 0.3) is 11.3 Å². The first-order chi connectivity index (χ1) is 11.2. The maximum Gasteiger partial charge on any atom is 0.258 e. The molecular weight excluding hydrogens is 298 g/mol. The lowest BCUT2D eigenvalue weighted by Gasteiger charge is -1.99. The van der Waals surface area contributed by atoms with Crippen LogP contribution in [0.3, 0.4) is 0 Å². The van der Waals surface area contributed by atoms with Crippen molar-refractivity contribution in [1.82, 2.24) is 20.2 Å². The lowest BCUT2D eigenvalue weighted by Crippen LogP contribution is -2.19. The number of carbonyl (C=O) groups is 2. The fourth-order valence-corrected chi connectivity index (χ4v) is 2.28. The summed E-state index contributed by atoms with van der Waals surface area (Å²) in [6.07, 6.45) is 4.43. The van der Waals surface area contributed by atoms with Crippen molar-refractivity contribution in [3.8, 4) is 11.3 Å². The molecule has 3 aromatic rings. The topological polar surface area (TPSA) is 102 Å². The van der Waals surface area contributed by atoms with Gasteiger partial charge in [0.15, 0.2) is 0 Å². The summed E-state index contributed by atoms with van der Waals surface area (Å²) < 4.78 is 7.11. The summed E-state index contributed by atoms with van der Waals surface area (Å²) in [6, 6.07) is 8.50. The first kappa shape index (κ1) is 13.1. The Morgan fingerprint density at radius 1 is 1.04 bits per heavy atom. The minimum Gasteiger partial charge on any atom is -0.455 e. The highest BCUT2D eigenvalue weighted by Gasteiger charge is 2.27. The number of aromatic nitrogens is 3. The van der Waals surface area contributed by atoms with Gasteiger partial charge in [-0.2, -0.15) is 5.10 Å². The van der Waals surface area contributed by atoms with E-state index >= 15 is 0 Å². The molecule has 23 heavy (non-hydrogen) atoms. The van der Waals surface area contributed by atoms with Gasteiger partial charge in [0.05, 0.1) is 17.3 Å². The molecule has 0 aliphatic carbocycles. The van der Waals surface area contributed by atoms with Crippen molar-refractivity contribution in [2.45, 2.75) is 0 Å². The standard InChI is InChI=1S/C15H9N5O3/c21-14-11-3-1-9(5-12(11)15(22)19-14)13-4-2-10(23-13)6-18-20-7-16-17-8-20/h1-8H,(H,19,21,22)/b18-6-. The van der Waals surface area contributed by atoms with Crippen LogP contribution in [0.4, 0.5) is 0 Å². The van der Waals surface area contributed by atoms with Crippen LogP contribution in [-0.2, 0) is 0 Å². The third-order valence-electron chi connectivity index (χ3n) is 3.37. The Morgan fingerprint density at radius 3 is 2.65 bits per heavy atom. The molecule has 1 aromatic carbocycles. The van der Waals surface area contributed by atoms with Crippen molar-refractivity contribution in [3.63, 3.8) is 0 Å². The zero-order valence-corrected chi connectivity index (χ0v) is 11.6. The second-order valence-corrected chi connectivity index (χ2v) is 4.83. The Bertz CT molecular complexity index is 940. The fraction of sp³-hybridized carbons (Fsp3) is 0. The number of carbonyl (C=O) groups excluding carboxylic acids is 2. The molecule has 0 saturated carbocycles. The monoisotopic (exact) mass is 307 g/mol. The molecule has 3 heterocycles. The summed E-state index contributed by atoms with van der Waals surface area (Å²) in [5.41, 5.74) is 1.43. The molecule has 112 valence electrons. The number of furan rings is 1. The van der Waals surface area contributed by atoms with Gasteiger partial charge in [-0.15, -0.1) is 10.2 Å². The quantitative estimate of drug-likeness (QED) is 0.580. The van der Waals surface area contributed by atoms with Crippen molar-refractivity contribution in [2.24, 2.45) is 5.10 Å². The van der Waals surface area contributed by atoms with Crippen LogP contribution in [0.1, 0.15) is 26.5 Å². The molecule has 2 amide bonds. The third-order valence-corrected chi connectivity index (χ3v) is 3.37. The van der Waals surface area contributed by atoms with E-state index in [1.807, 2.05) is 0 Å². The van der Waals surface area contributed by atoms with Gasteiger partial charge in [0, 0.05) is 5.56 Å². The van der Waals surface area contributed by atoms with Crippen molar-refractivity contribution in [2.75, 3.05) is 0 Å². The summed E-state index contributed by atoms with van der Waals surface area (Å²) >= 11 is 0. The Labute approximate surface area is 129 Å². The molecule has 8 nitrogen and oxygen atoms in total. The van der Waals surface area contributed by atoms with Gasteiger partial charge in [-0.25, -0.2) is 4.68 Å². The first-order valence-corrected chi connectivity index (χ1v) is 6.69. The third kappa shape index (κ3) is 2.31. The summed E-state index contributed by atoms with van der Waals surface area (Å²) in [5.74, 6) is 0.338. The Hall–Kier alpha value is -3.55. The highest BCUT2D eigenvalue weighted by molar-refractivity contribution is 6.21.